The minimum absolute atomic E-state index is 0.197. The summed E-state index contributed by atoms with van der Waals surface area (Å²) in [6.45, 7) is 0. The van der Waals surface area contributed by atoms with Crippen LogP contribution < -0.4 is 5.32 Å². The zero-order valence-corrected chi connectivity index (χ0v) is 10.4. The van der Waals surface area contributed by atoms with E-state index in [4.69, 9.17) is 0 Å². The molecule has 4 heteroatoms. The van der Waals surface area contributed by atoms with Gasteiger partial charge in [-0.15, -0.1) is 0 Å². The van der Waals surface area contributed by atoms with Crippen molar-refractivity contribution in [2.24, 2.45) is 5.41 Å². The van der Waals surface area contributed by atoms with Crippen LogP contribution in [0.15, 0.2) is 36.7 Å². The van der Waals surface area contributed by atoms with Crippen molar-refractivity contribution in [1.82, 2.24) is 4.98 Å². The molecule has 0 radical (unpaired) electrons. The van der Waals surface area contributed by atoms with Gasteiger partial charge in [-0.05, 0) is 36.8 Å². The number of amides is 1. The first-order chi connectivity index (χ1) is 9.25. The SMILES string of the molecule is N#CC1(C(=O)Nc2cccc3ccncc23)CCC1. The highest BCUT2D eigenvalue weighted by molar-refractivity contribution is 6.04. The maximum absolute atomic E-state index is 12.2. The largest absolute Gasteiger partial charge is 0.324 e. The number of anilines is 1. The lowest BCUT2D eigenvalue weighted by atomic mass is 9.69. The van der Waals surface area contributed by atoms with E-state index in [1.807, 2.05) is 24.3 Å². The molecule has 3 rings (SSSR count). The second-order valence-corrected chi connectivity index (χ2v) is 4.90. The van der Waals surface area contributed by atoms with E-state index in [0.29, 0.717) is 12.8 Å². The molecule has 1 heterocycles. The average molecular weight is 251 g/mol. The summed E-state index contributed by atoms with van der Waals surface area (Å²) >= 11 is 0. The molecule has 19 heavy (non-hydrogen) atoms. The molecule has 1 amide bonds. The molecule has 1 fully saturated rings. The number of carbonyl (C=O) groups is 1. The molecule has 1 aliphatic carbocycles. The highest BCUT2D eigenvalue weighted by Gasteiger charge is 2.44. The van der Waals surface area contributed by atoms with Crippen molar-refractivity contribution >= 4 is 22.4 Å². The number of benzene rings is 1. The molecule has 0 spiro atoms. The first-order valence-corrected chi connectivity index (χ1v) is 6.31. The molecule has 1 aromatic carbocycles. The van der Waals surface area contributed by atoms with Gasteiger partial charge in [0.15, 0.2) is 0 Å². The van der Waals surface area contributed by atoms with E-state index in [1.54, 1.807) is 12.4 Å². The Morgan fingerprint density at radius 1 is 1.37 bits per heavy atom. The Labute approximate surface area is 111 Å². The molecule has 0 saturated heterocycles. The van der Waals surface area contributed by atoms with Gasteiger partial charge in [0, 0.05) is 17.8 Å². The molecule has 4 nitrogen and oxygen atoms in total. The summed E-state index contributed by atoms with van der Waals surface area (Å²) in [7, 11) is 0. The number of rotatable bonds is 2. The highest BCUT2D eigenvalue weighted by atomic mass is 16.2. The van der Waals surface area contributed by atoms with Crippen LogP contribution in [0.4, 0.5) is 5.69 Å². The number of aromatic nitrogens is 1. The van der Waals surface area contributed by atoms with Gasteiger partial charge < -0.3 is 5.32 Å². The van der Waals surface area contributed by atoms with Crippen molar-refractivity contribution in [3.05, 3.63) is 36.7 Å². The van der Waals surface area contributed by atoms with E-state index in [9.17, 15) is 10.1 Å². The van der Waals surface area contributed by atoms with E-state index in [2.05, 4.69) is 16.4 Å². The standard InChI is InChI=1S/C15H13N3O/c16-10-15(6-2-7-15)14(19)18-13-4-1-3-11-5-8-17-9-12(11)13/h1,3-5,8-9H,2,6-7H2,(H,18,19). The molecule has 1 aliphatic rings. The third-order valence-corrected chi connectivity index (χ3v) is 3.79. The molecular formula is C15H13N3O. The Bertz CT molecular complexity index is 678. The predicted octanol–water partition coefficient (Wildman–Crippen LogP) is 2.87. The van der Waals surface area contributed by atoms with Gasteiger partial charge in [0.1, 0.15) is 5.41 Å². The van der Waals surface area contributed by atoms with E-state index in [1.165, 1.54) is 0 Å². The van der Waals surface area contributed by atoms with Crippen molar-refractivity contribution < 1.29 is 4.79 Å². The Balaban J connectivity index is 1.94. The Hall–Kier alpha value is -2.41. The Morgan fingerprint density at radius 3 is 2.89 bits per heavy atom. The van der Waals surface area contributed by atoms with Crippen LogP contribution in [0.25, 0.3) is 10.8 Å². The van der Waals surface area contributed by atoms with Crippen LogP contribution in [-0.4, -0.2) is 10.9 Å². The molecule has 0 unspecified atom stereocenters. The number of nitrogens with one attached hydrogen (secondary N) is 1. The van der Waals surface area contributed by atoms with E-state index >= 15 is 0 Å². The fourth-order valence-electron chi connectivity index (χ4n) is 2.38. The fraction of sp³-hybridized carbons (Fsp3) is 0.267. The number of hydrogen-bond donors (Lipinski definition) is 1. The molecular weight excluding hydrogens is 238 g/mol. The highest BCUT2D eigenvalue weighted by Crippen LogP contribution is 2.41. The summed E-state index contributed by atoms with van der Waals surface area (Å²) in [6.07, 6.45) is 5.69. The molecule has 1 aromatic heterocycles. The topological polar surface area (TPSA) is 65.8 Å². The smallest absolute Gasteiger partial charge is 0.244 e. The lowest BCUT2D eigenvalue weighted by Gasteiger charge is -2.33. The fourth-order valence-corrected chi connectivity index (χ4v) is 2.38. The summed E-state index contributed by atoms with van der Waals surface area (Å²) in [5, 5.41) is 14.0. The number of nitrogens with zero attached hydrogens (tertiary/aromatic N) is 2. The number of carbonyl (C=O) groups excluding carboxylic acids is 1. The summed E-state index contributed by atoms with van der Waals surface area (Å²) in [4.78, 5) is 16.3. The maximum Gasteiger partial charge on any atom is 0.244 e. The lowest BCUT2D eigenvalue weighted by molar-refractivity contribution is -0.126. The van der Waals surface area contributed by atoms with E-state index in [0.717, 1.165) is 22.9 Å². The Morgan fingerprint density at radius 2 is 2.21 bits per heavy atom. The lowest BCUT2D eigenvalue weighted by Crippen LogP contribution is -2.40. The summed E-state index contributed by atoms with van der Waals surface area (Å²) in [5.41, 5.74) is -0.109. The minimum Gasteiger partial charge on any atom is -0.324 e. The van der Waals surface area contributed by atoms with Gasteiger partial charge in [-0.2, -0.15) is 5.26 Å². The van der Waals surface area contributed by atoms with Crippen LogP contribution in [0.1, 0.15) is 19.3 Å². The number of pyridine rings is 1. The third kappa shape index (κ3) is 1.84. The quantitative estimate of drug-likeness (QED) is 0.892. The minimum atomic E-state index is -0.829. The molecule has 0 bridgehead atoms. The van der Waals surface area contributed by atoms with Gasteiger partial charge in [-0.25, -0.2) is 0 Å². The molecule has 0 aliphatic heterocycles. The van der Waals surface area contributed by atoms with E-state index < -0.39 is 5.41 Å². The van der Waals surface area contributed by atoms with Crippen LogP contribution in [0.3, 0.4) is 0 Å². The summed E-state index contributed by atoms with van der Waals surface area (Å²) < 4.78 is 0. The molecule has 94 valence electrons. The van der Waals surface area contributed by atoms with Crippen LogP contribution >= 0.6 is 0 Å². The zero-order valence-electron chi connectivity index (χ0n) is 10.4. The van der Waals surface area contributed by atoms with E-state index in [-0.39, 0.29) is 5.91 Å². The number of nitriles is 1. The summed E-state index contributed by atoms with van der Waals surface area (Å²) in [6, 6.07) is 9.75. The van der Waals surface area contributed by atoms with Gasteiger partial charge in [-0.3, -0.25) is 9.78 Å². The number of hydrogen-bond acceptors (Lipinski definition) is 3. The molecule has 2 aromatic rings. The van der Waals surface area contributed by atoms with Crippen molar-refractivity contribution in [3.8, 4) is 6.07 Å². The first kappa shape index (κ1) is 11.7. The van der Waals surface area contributed by atoms with Crippen LogP contribution in [-0.2, 0) is 4.79 Å². The zero-order chi connectivity index (χ0) is 13.3. The van der Waals surface area contributed by atoms with Gasteiger partial charge in [0.05, 0.1) is 11.8 Å². The third-order valence-electron chi connectivity index (χ3n) is 3.79. The van der Waals surface area contributed by atoms with Crippen molar-refractivity contribution in [2.75, 3.05) is 5.32 Å². The van der Waals surface area contributed by atoms with Crippen LogP contribution in [0.5, 0.6) is 0 Å². The Kier molecular flexibility index (Phi) is 2.68. The van der Waals surface area contributed by atoms with Crippen molar-refractivity contribution in [1.29, 1.82) is 5.26 Å². The van der Waals surface area contributed by atoms with Gasteiger partial charge in [0.25, 0.3) is 0 Å². The molecule has 0 atom stereocenters. The monoisotopic (exact) mass is 251 g/mol. The normalized spacial score (nSPS) is 16.4. The van der Waals surface area contributed by atoms with Crippen molar-refractivity contribution in [3.63, 3.8) is 0 Å². The van der Waals surface area contributed by atoms with Gasteiger partial charge in [0.2, 0.25) is 5.91 Å². The average Bonchev–Trinajstić information content (AvgIpc) is 2.38. The molecule has 1 saturated carbocycles. The van der Waals surface area contributed by atoms with Gasteiger partial charge >= 0.3 is 0 Å². The van der Waals surface area contributed by atoms with Crippen LogP contribution in [0.2, 0.25) is 0 Å². The number of fused-ring (bicyclic) bond motifs is 1. The second-order valence-electron chi connectivity index (χ2n) is 4.90. The predicted molar refractivity (Wildman–Crippen MR) is 72.3 cm³/mol. The summed E-state index contributed by atoms with van der Waals surface area (Å²) in [5.74, 6) is -0.197. The molecule has 1 N–H and O–H groups in total. The second kappa shape index (κ2) is 4.36. The van der Waals surface area contributed by atoms with Crippen LogP contribution in [0, 0.1) is 16.7 Å². The van der Waals surface area contributed by atoms with Crippen molar-refractivity contribution in [2.45, 2.75) is 19.3 Å². The van der Waals surface area contributed by atoms with Gasteiger partial charge in [-0.1, -0.05) is 12.1 Å². The first-order valence-electron chi connectivity index (χ1n) is 6.31. The maximum atomic E-state index is 12.2.